The normalized spacial score (nSPS) is 32.3. The lowest BCUT2D eigenvalue weighted by molar-refractivity contribution is -0.127. The second kappa shape index (κ2) is 5.67. The van der Waals surface area contributed by atoms with E-state index in [-0.39, 0.29) is 24.0 Å². The number of hydrogen-bond donors (Lipinski definition) is 2. The molecule has 16 heavy (non-hydrogen) atoms. The van der Waals surface area contributed by atoms with Gasteiger partial charge in [0.2, 0.25) is 5.91 Å². The molecule has 0 spiro atoms. The second-order valence-electron chi connectivity index (χ2n) is 5.30. The van der Waals surface area contributed by atoms with Gasteiger partial charge in [-0.1, -0.05) is 32.1 Å². The molecule has 0 aliphatic heterocycles. The van der Waals surface area contributed by atoms with Gasteiger partial charge in [-0.3, -0.25) is 4.79 Å². The molecule has 0 aromatic carbocycles. The minimum Gasteiger partial charge on any atom is -0.391 e. The third-order valence-corrected chi connectivity index (χ3v) is 4.03. The summed E-state index contributed by atoms with van der Waals surface area (Å²) in [5.41, 5.74) is 0. The van der Waals surface area contributed by atoms with Gasteiger partial charge in [-0.05, 0) is 25.7 Å². The lowest BCUT2D eigenvalue weighted by Gasteiger charge is -2.30. The fourth-order valence-electron chi connectivity index (χ4n) is 2.95. The Bertz CT molecular complexity index is 236. The van der Waals surface area contributed by atoms with Crippen LogP contribution in [0, 0.1) is 5.92 Å². The Kier molecular flexibility index (Phi) is 4.22. The van der Waals surface area contributed by atoms with E-state index in [9.17, 15) is 9.90 Å². The summed E-state index contributed by atoms with van der Waals surface area (Å²) in [6, 6.07) is 0.0168. The number of hydrogen-bond acceptors (Lipinski definition) is 2. The first-order valence-corrected chi connectivity index (χ1v) is 6.76. The van der Waals surface area contributed by atoms with Crippen LogP contribution in [0.15, 0.2) is 0 Å². The first-order valence-electron chi connectivity index (χ1n) is 6.76. The molecule has 0 unspecified atom stereocenters. The number of nitrogens with one attached hydrogen (secondary N) is 1. The summed E-state index contributed by atoms with van der Waals surface area (Å²) in [5.74, 6) is 0.397. The molecule has 0 radical (unpaired) electrons. The monoisotopic (exact) mass is 225 g/mol. The molecule has 0 heterocycles. The van der Waals surface area contributed by atoms with E-state index in [1.807, 2.05) is 0 Å². The van der Waals surface area contributed by atoms with Crippen molar-refractivity contribution in [2.75, 3.05) is 0 Å². The van der Waals surface area contributed by atoms with Crippen LogP contribution in [0.1, 0.15) is 57.8 Å². The zero-order valence-electron chi connectivity index (χ0n) is 9.95. The van der Waals surface area contributed by atoms with Gasteiger partial charge in [0, 0.05) is 5.92 Å². The third-order valence-electron chi connectivity index (χ3n) is 4.03. The number of aliphatic hydroxyl groups is 1. The van der Waals surface area contributed by atoms with E-state index in [0.717, 1.165) is 38.5 Å². The van der Waals surface area contributed by atoms with E-state index in [0.29, 0.717) is 0 Å². The van der Waals surface area contributed by atoms with E-state index >= 15 is 0 Å². The van der Waals surface area contributed by atoms with Crippen LogP contribution in [0.4, 0.5) is 0 Å². The molecule has 2 N–H and O–H groups in total. The first-order chi connectivity index (χ1) is 7.77. The number of carbonyl (C=O) groups is 1. The van der Waals surface area contributed by atoms with Gasteiger partial charge in [0.25, 0.3) is 0 Å². The summed E-state index contributed by atoms with van der Waals surface area (Å²) in [4.78, 5) is 12.0. The average molecular weight is 225 g/mol. The summed E-state index contributed by atoms with van der Waals surface area (Å²) in [5, 5.41) is 12.9. The van der Waals surface area contributed by atoms with Crippen molar-refractivity contribution >= 4 is 5.91 Å². The van der Waals surface area contributed by atoms with Crippen molar-refractivity contribution in [2.45, 2.75) is 69.9 Å². The maximum atomic E-state index is 12.0. The zero-order chi connectivity index (χ0) is 11.4. The highest BCUT2D eigenvalue weighted by atomic mass is 16.3. The Balaban J connectivity index is 1.80. The van der Waals surface area contributed by atoms with E-state index in [1.165, 1.54) is 19.3 Å². The molecule has 3 heteroatoms. The van der Waals surface area contributed by atoms with Crippen molar-refractivity contribution in [3.05, 3.63) is 0 Å². The Morgan fingerprint density at radius 2 is 1.56 bits per heavy atom. The van der Waals surface area contributed by atoms with Gasteiger partial charge in [-0.2, -0.15) is 0 Å². The summed E-state index contributed by atoms with van der Waals surface area (Å²) < 4.78 is 0. The van der Waals surface area contributed by atoms with E-state index in [1.54, 1.807) is 0 Å². The molecule has 2 aliphatic rings. The predicted molar refractivity (Wildman–Crippen MR) is 63.0 cm³/mol. The highest BCUT2D eigenvalue weighted by Crippen LogP contribution is 2.25. The van der Waals surface area contributed by atoms with Crippen LogP contribution in [0.25, 0.3) is 0 Å². The van der Waals surface area contributed by atoms with Gasteiger partial charge in [-0.15, -0.1) is 0 Å². The number of carbonyl (C=O) groups excluding carboxylic acids is 1. The van der Waals surface area contributed by atoms with Gasteiger partial charge >= 0.3 is 0 Å². The lowest BCUT2D eigenvalue weighted by Crippen LogP contribution is -2.47. The Labute approximate surface area is 97.6 Å². The van der Waals surface area contributed by atoms with Crippen LogP contribution in [-0.4, -0.2) is 23.2 Å². The SMILES string of the molecule is O=C(N[C@H]1CCCC[C@H]1O)C1CCCCC1. The van der Waals surface area contributed by atoms with Crippen LogP contribution in [0.2, 0.25) is 0 Å². The van der Waals surface area contributed by atoms with Crippen LogP contribution in [0.5, 0.6) is 0 Å². The summed E-state index contributed by atoms with van der Waals surface area (Å²) in [6.45, 7) is 0. The number of amides is 1. The second-order valence-corrected chi connectivity index (χ2v) is 5.30. The fraction of sp³-hybridized carbons (Fsp3) is 0.923. The number of aliphatic hydroxyl groups excluding tert-OH is 1. The van der Waals surface area contributed by atoms with Crippen LogP contribution < -0.4 is 5.32 Å². The standard InChI is InChI=1S/C13H23NO2/c15-12-9-5-4-8-11(12)14-13(16)10-6-2-1-3-7-10/h10-12,15H,1-9H2,(H,14,16)/t11-,12+/m0/s1. The topological polar surface area (TPSA) is 49.3 Å². The van der Waals surface area contributed by atoms with Crippen molar-refractivity contribution in [1.82, 2.24) is 5.32 Å². The highest BCUT2D eigenvalue weighted by Gasteiger charge is 2.28. The summed E-state index contributed by atoms with van der Waals surface area (Å²) in [6.07, 6.45) is 9.41. The maximum absolute atomic E-state index is 12.0. The van der Waals surface area contributed by atoms with E-state index < -0.39 is 0 Å². The summed E-state index contributed by atoms with van der Waals surface area (Å²) in [7, 11) is 0. The van der Waals surface area contributed by atoms with Crippen molar-refractivity contribution in [1.29, 1.82) is 0 Å². The van der Waals surface area contributed by atoms with Gasteiger partial charge in [-0.25, -0.2) is 0 Å². The third kappa shape index (κ3) is 2.97. The Hall–Kier alpha value is -0.570. The Morgan fingerprint density at radius 1 is 0.938 bits per heavy atom. The maximum Gasteiger partial charge on any atom is 0.223 e. The molecule has 2 rings (SSSR count). The van der Waals surface area contributed by atoms with Crippen LogP contribution in [-0.2, 0) is 4.79 Å². The molecule has 2 aliphatic carbocycles. The smallest absolute Gasteiger partial charge is 0.223 e. The van der Waals surface area contributed by atoms with Crippen LogP contribution >= 0.6 is 0 Å². The first kappa shape index (κ1) is 11.9. The van der Waals surface area contributed by atoms with E-state index in [4.69, 9.17) is 0 Å². The minimum absolute atomic E-state index is 0.0168. The predicted octanol–water partition coefficient (Wildman–Crippen LogP) is 1.99. The summed E-state index contributed by atoms with van der Waals surface area (Å²) >= 11 is 0. The molecular formula is C13H23NO2. The van der Waals surface area contributed by atoms with Crippen molar-refractivity contribution in [3.8, 4) is 0 Å². The largest absolute Gasteiger partial charge is 0.391 e. The van der Waals surface area contributed by atoms with Crippen molar-refractivity contribution in [2.24, 2.45) is 5.92 Å². The molecule has 0 aromatic rings. The molecule has 2 fully saturated rings. The van der Waals surface area contributed by atoms with Crippen molar-refractivity contribution < 1.29 is 9.90 Å². The molecule has 1 amide bonds. The molecule has 2 saturated carbocycles. The lowest BCUT2D eigenvalue weighted by atomic mass is 9.87. The molecule has 0 bridgehead atoms. The van der Waals surface area contributed by atoms with Gasteiger partial charge in [0.15, 0.2) is 0 Å². The van der Waals surface area contributed by atoms with Gasteiger partial charge in [0.05, 0.1) is 12.1 Å². The fourth-order valence-corrected chi connectivity index (χ4v) is 2.95. The zero-order valence-corrected chi connectivity index (χ0v) is 9.95. The molecular weight excluding hydrogens is 202 g/mol. The molecule has 92 valence electrons. The van der Waals surface area contributed by atoms with E-state index in [2.05, 4.69) is 5.32 Å². The van der Waals surface area contributed by atoms with Gasteiger partial charge < -0.3 is 10.4 Å². The van der Waals surface area contributed by atoms with Gasteiger partial charge in [0.1, 0.15) is 0 Å². The molecule has 3 nitrogen and oxygen atoms in total. The molecule has 2 atom stereocenters. The van der Waals surface area contributed by atoms with Crippen molar-refractivity contribution in [3.63, 3.8) is 0 Å². The highest BCUT2D eigenvalue weighted by molar-refractivity contribution is 5.79. The molecule has 0 aromatic heterocycles. The Morgan fingerprint density at radius 3 is 2.25 bits per heavy atom. The van der Waals surface area contributed by atoms with Crippen LogP contribution in [0.3, 0.4) is 0 Å². The minimum atomic E-state index is -0.318. The quantitative estimate of drug-likeness (QED) is 0.755. The molecule has 0 saturated heterocycles. The number of rotatable bonds is 2. The average Bonchev–Trinajstić information content (AvgIpc) is 2.33.